The molecule has 1 heterocycles. The lowest BCUT2D eigenvalue weighted by molar-refractivity contribution is -0.145. The van der Waals surface area contributed by atoms with Crippen LogP contribution in [0, 0.1) is 30.6 Å². The molecule has 3 fully saturated rings. The average molecular weight is 363 g/mol. The van der Waals surface area contributed by atoms with Crippen LogP contribution in [0.2, 0.25) is 0 Å². The van der Waals surface area contributed by atoms with Gasteiger partial charge in [0.1, 0.15) is 17.6 Å². The molecule has 1 saturated heterocycles. The molecule has 1 aliphatic heterocycles. The second-order valence-electron chi connectivity index (χ2n) is 7.85. The van der Waals surface area contributed by atoms with Crippen molar-refractivity contribution in [3.05, 3.63) is 54.1 Å². The van der Waals surface area contributed by atoms with Gasteiger partial charge < -0.3 is 14.8 Å². The average Bonchev–Trinajstić information content (AvgIpc) is 3.26. The minimum atomic E-state index is -0.260. The molecule has 5 atom stereocenters. The fourth-order valence-electron chi connectivity index (χ4n) is 5.01. The third kappa shape index (κ3) is 2.78. The first-order valence-electron chi connectivity index (χ1n) is 9.44. The molecule has 2 aromatic rings. The van der Waals surface area contributed by atoms with Crippen molar-refractivity contribution in [2.45, 2.75) is 25.9 Å². The van der Waals surface area contributed by atoms with Gasteiger partial charge in [-0.1, -0.05) is 12.1 Å². The number of rotatable bonds is 4. The molecule has 27 heavy (non-hydrogen) atoms. The van der Waals surface area contributed by atoms with Crippen molar-refractivity contribution in [1.82, 2.24) is 0 Å². The van der Waals surface area contributed by atoms with Crippen molar-refractivity contribution in [3.8, 4) is 11.5 Å². The Hall–Kier alpha value is -2.82. The SMILES string of the molecule is Cc1cccc(Oc2ccc(NC(=O)[C@H]3[C@@H]4C[C@@H]5[C@@H]3C(=O)O[C@@H]5C4)cc2)c1. The molecular formula is C22H21NO4. The molecule has 5 heteroatoms. The Morgan fingerprint density at radius 2 is 1.93 bits per heavy atom. The van der Waals surface area contributed by atoms with Crippen LogP contribution >= 0.6 is 0 Å². The summed E-state index contributed by atoms with van der Waals surface area (Å²) in [5, 5.41) is 2.97. The van der Waals surface area contributed by atoms with Crippen LogP contribution in [-0.2, 0) is 14.3 Å². The molecule has 0 radical (unpaired) electrons. The Morgan fingerprint density at radius 1 is 1.11 bits per heavy atom. The zero-order chi connectivity index (χ0) is 18.5. The van der Waals surface area contributed by atoms with E-state index in [9.17, 15) is 9.59 Å². The summed E-state index contributed by atoms with van der Waals surface area (Å²) in [4.78, 5) is 24.9. The number of esters is 1. The van der Waals surface area contributed by atoms with E-state index in [0.29, 0.717) is 11.4 Å². The predicted octanol–water partition coefficient (Wildman–Crippen LogP) is 3.92. The van der Waals surface area contributed by atoms with E-state index in [-0.39, 0.29) is 41.7 Å². The van der Waals surface area contributed by atoms with Gasteiger partial charge in [-0.3, -0.25) is 9.59 Å². The van der Waals surface area contributed by atoms with Crippen LogP contribution in [0.3, 0.4) is 0 Å². The number of amides is 1. The highest BCUT2D eigenvalue weighted by molar-refractivity contribution is 5.97. The van der Waals surface area contributed by atoms with Crippen molar-refractivity contribution in [2.24, 2.45) is 23.7 Å². The van der Waals surface area contributed by atoms with E-state index in [4.69, 9.17) is 9.47 Å². The van der Waals surface area contributed by atoms with E-state index in [0.717, 1.165) is 24.2 Å². The van der Waals surface area contributed by atoms with E-state index in [2.05, 4.69) is 5.32 Å². The van der Waals surface area contributed by atoms with E-state index in [1.807, 2.05) is 55.5 Å². The summed E-state index contributed by atoms with van der Waals surface area (Å²) in [6.07, 6.45) is 1.81. The molecule has 2 aromatic carbocycles. The Kier molecular flexibility index (Phi) is 3.71. The van der Waals surface area contributed by atoms with Gasteiger partial charge in [0.2, 0.25) is 5.91 Å². The molecule has 0 spiro atoms. The molecule has 2 aliphatic carbocycles. The van der Waals surface area contributed by atoms with Crippen LogP contribution in [0.25, 0.3) is 0 Å². The summed E-state index contributed by atoms with van der Waals surface area (Å²) in [5.74, 6) is 1.22. The summed E-state index contributed by atoms with van der Waals surface area (Å²) in [7, 11) is 0. The number of anilines is 1. The molecule has 2 saturated carbocycles. The zero-order valence-electron chi connectivity index (χ0n) is 15.1. The Bertz CT molecular complexity index is 905. The maximum atomic E-state index is 12.8. The quantitative estimate of drug-likeness (QED) is 0.836. The third-order valence-electron chi connectivity index (χ3n) is 6.13. The highest BCUT2D eigenvalue weighted by Gasteiger charge is 2.63. The van der Waals surface area contributed by atoms with Gasteiger partial charge >= 0.3 is 5.97 Å². The summed E-state index contributed by atoms with van der Waals surface area (Å²) in [6, 6.07) is 15.2. The molecule has 0 aromatic heterocycles. The van der Waals surface area contributed by atoms with Gasteiger partial charge in [-0.25, -0.2) is 0 Å². The lowest BCUT2D eigenvalue weighted by Gasteiger charge is -2.23. The zero-order valence-corrected chi connectivity index (χ0v) is 15.1. The first kappa shape index (κ1) is 16.4. The highest BCUT2D eigenvalue weighted by atomic mass is 16.6. The van der Waals surface area contributed by atoms with Gasteiger partial charge in [0, 0.05) is 11.6 Å². The van der Waals surface area contributed by atoms with Crippen LogP contribution < -0.4 is 10.1 Å². The smallest absolute Gasteiger partial charge is 0.310 e. The number of carbonyl (C=O) groups is 2. The summed E-state index contributed by atoms with van der Waals surface area (Å²) in [5.41, 5.74) is 1.84. The van der Waals surface area contributed by atoms with Crippen LogP contribution in [0.4, 0.5) is 5.69 Å². The van der Waals surface area contributed by atoms with Crippen LogP contribution in [-0.4, -0.2) is 18.0 Å². The predicted molar refractivity (Wildman–Crippen MR) is 99.4 cm³/mol. The lowest BCUT2D eigenvalue weighted by atomic mass is 9.79. The standard InChI is InChI=1S/C22H21NO4/c1-12-3-2-4-16(9-12)26-15-7-5-14(6-8-15)23-21(24)19-13-10-17-18(11-13)27-22(25)20(17)19/h2-9,13,17-20H,10-11H2,1H3,(H,23,24)/t13-,17+,18-,19+,20+/m1/s1. The Labute approximate surface area is 157 Å². The van der Waals surface area contributed by atoms with Crippen LogP contribution in [0.1, 0.15) is 18.4 Å². The van der Waals surface area contributed by atoms with Crippen molar-refractivity contribution >= 4 is 17.6 Å². The molecule has 3 aliphatic rings. The van der Waals surface area contributed by atoms with Crippen molar-refractivity contribution in [3.63, 3.8) is 0 Å². The monoisotopic (exact) mass is 363 g/mol. The van der Waals surface area contributed by atoms with Crippen LogP contribution in [0.15, 0.2) is 48.5 Å². The van der Waals surface area contributed by atoms with E-state index in [1.54, 1.807) is 0 Å². The molecule has 2 bridgehead atoms. The first-order chi connectivity index (χ1) is 13.1. The molecule has 1 amide bonds. The van der Waals surface area contributed by atoms with Gasteiger partial charge in [-0.2, -0.15) is 0 Å². The summed E-state index contributed by atoms with van der Waals surface area (Å²) >= 11 is 0. The molecule has 0 unspecified atom stereocenters. The van der Waals surface area contributed by atoms with Crippen molar-refractivity contribution in [2.75, 3.05) is 5.32 Å². The maximum Gasteiger partial charge on any atom is 0.310 e. The number of ether oxygens (including phenoxy) is 2. The van der Waals surface area contributed by atoms with Crippen molar-refractivity contribution in [1.29, 1.82) is 0 Å². The number of hydrogen-bond donors (Lipinski definition) is 1. The number of carbonyl (C=O) groups excluding carboxylic acids is 2. The number of benzene rings is 2. The molecule has 1 N–H and O–H groups in total. The van der Waals surface area contributed by atoms with E-state index in [1.165, 1.54) is 0 Å². The minimum Gasteiger partial charge on any atom is -0.462 e. The van der Waals surface area contributed by atoms with Gasteiger partial charge in [-0.05, 0) is 67.6 Å². The lowest BCUT2D eigenvalue weighted by Crippen LogP contribution is -2.35. The highest BCUT2D eigenvalue weighted by Crippen LogP contribution is 2.57. The van der Waals surface area contributed by atoms with Gasteiger partial charge in [0.05, 0.1) is 11.8 Å². The van der Waals surface area contributed by atoms with Gasteiger partial charge in [0.25, 0.3) is 0 Å². The van der Waals surface area contributed by atoms with Gasteiger partial charge in [-0.15, -0.1) is 0 Å². The molecule has 5 nitrogen and oxygen atoms in total. The minimum absolute atomic E-state index is 0.0506. The van der Waals surface area contributed by atoms with E-state index < -0.39 is 0 Å². The first-order valence-corrected chi connectivity index (χ1v) is 9.44. The molecule has 5 rings (SSSR count). The number of nitrogens with one attached hydrogen (secondary N) is 1. The van der Waals surface area contributed by atoms with E-state index >= 15 is 0 Å². The number of hydrogen-bond acceptors (Lipinski definition) is 4. The Morgan fingerprint density at radius 3 is 2.70 bits per heavy atom. The summed E-state index contributed by atoms with van der Waals surface area (Å²) in [6.45, 7) is 2.02. The number of fused-ring (bicyclic) bond motifs is 1. The van der Waals surface area contributed by atoms with Crippen LogP contribution in [0.5, 0.6) is 11.5 Å². The normalized spacial score (nSPS) is 30.3. The number of aryl methyl sites for hydroxylation is 1. The van der Waals surface area contributed by atoms with Gasteiger partial charge in [0.15, 0.2) is 0 Å². The van der Waals surface area contributed by atoms with Crippen molar-refractivity contribution < 1.29 is 19.1 Å². The topological polar surface area (TPSA) is 64.6 Å². The second kappa shape index (κ2) is 6.12. The largest absolute Gasteiger partial charge is 0.462 e. The Balaban J connectivity index is 1.26. The summed E-state index contributed by atoms with van der Waals surface area (Å²) < 4.78 is 11.3. The molecular weight excluding hydrogens is 342 g/mol. The second-order valence-corrected chi connectivity index (χ2v) is 7.85. The maximum absolute atomic E-state index is 12.8. The third-order valence-corrected chi connectivity index (χ3v) is 6.13. The fourth-order valence-corrected chi connectivity index (χ4v) is 5.01. The molecule has 138 valence electrons. The fraction of sp³-hybridized carbons (Fsp3) is 0.364.